The van der Waals surface area contributed by atoms with Crippen LogP contribution in [-0.2, 0) is 0 Å². The van der Waals surface area contributed by atoms with Gasteiger partial charge in [-0.25, -0.2) is 0 Å². The first kappa shape index (κ1) is 8.51. The molecular formula is C10H14N2O. The highest BCUT2D eigenvalue weighted by atomic mass is 16.1. The second kappa shape index (κ2) is 3.34. The fourth-order valence-corrected chi connectivity index (χ4v) is 2.03. The summed E-state index contributed by atoms with van der Waals surface area (Å²) < 4.78 is 0. The Kier molecular flexibility index (Phi) is 2.19. The van der Waals surface area contributed by atoms with E-state index in [-0.39, 0.29) is 5.56 Å². The summed E-state index contributed by atoms with van der Waals surface area (Å²) in [5, 5.41) is 0. The maximum atomic E-state index is 11.0. The molecule has 1 aromatic heterocycles. The van der Waals surface area contributed by atoms with E-state index >= 15 is 0 Å². The van der Waals surface area contributed by atoms with Crippen molar-refractivity contribution in [3.63, 3.8) is 0 Å². The van der Waals surface area contributed by atoms with Crippen LogP contribution < -0.4 is 11.3 Å². The van der Waals surface area contributed by atoms with Crippen molar-refractivity contribution < 1.29 is 0 Å². The van der Waals surface area contributed by atoms with Gasteiger partial charge in [0.1, 0.15) is 0 Å². The largest absolute Gasteiger partial charge is 0.329 e. The number of hydrogen-bond donors (Lipinski definition) is 2. The Labute approximate surface area is 77.0 Å². The average Bonchev–Trinajstić information content (AvgIpc) is 2.52. The lowest BCUT2D eigenvalue weighted by Crippen LogP contribution is -2.14. The number of nitrogens with two attached hydrogens (primary N) is 1. The summed E-state index contributed by atoms with van der Waals surface area (Å²) in [6.45, 7) is 0. The molecule has 3 nitrogen and oxygen atoms in total. The molecule has 1 aliphatic carbocycles. The van der Waals surface area contributed by atoms with Crippen molar-refractivity contribution in [2.75, 3.05) is 0 Å². The van der Waals surface area contributed by atoms with Crippen molar-refractivity contribution in [2.45, 2.75) is 31.2 Å². The van der Waals surface area contributed by atoms with E-state index < -0.39 is 0 Å². The van der Waals surface area contributed by atoms with Gasteiger partial charge in [-0.2, -0.15) is 0 Å². The predicted octanol–water partition coefficient (Wildman–Crippen LogP) is 0.970. The quantitative estimate of drug-likeness (QED) is 0.673. The Bertz CT molecular complexity index is 345. The number of aromatic nitrogens is 1. The third kappa shape index (κ3) is 1.80. The normalized spacial score (nSPS) is 27.8. The molecule has 2 rings (SSSR count). The summed E-state index contributed by atoms with van der Waals surface area (Å²) in [6.07, 6.45) is 4.92. The highest BCUT2D eigenvalue weighted by molar-refractivity contribution is 5.17. The summed E-state index contributed by atoms with van der Waals surface area (Å²) >= 11 is 0. The highest BCUT2D eigenvalue weighted by Crippen LogP contribution is 2.32. The van der Waals surface area contributed by atoms with E-state index in [1.807, 2.05) is 6.07 Å². The maximum Gasteiger partial charge on any atom is 0.248 e. The lowest BCUT2D eigenvalue weighted by Gasteiger charge is -2.08. The lowest BCUT2D eigenvalue weighted by atomic mass is 9.99. The molecule has 13 heavy (non-hydrogen) atoms. The van der Waals surface area contributed by atoms with Crippen molar-refractivity contribution >= 4 is 0 Å². The number of nitrogens with one attached hydrogen (secondary N) is 1. The van der Waals surface area contributed by atoms with Gasteiger partial charge in [-0.05, 0) is 36.8 Å². The molecule has 0 amide bonds. The molecule has 1 heterocycles. The van der Waals surface area contributed by atoms with Crippen molar-refractivity contribution in [2.24, 2.45) is 5.73 Å². The minimum atomic E-state index is -0.0158. The fourth-order valence-electron chi connectivity index (χ4n) is 2.03. The van der Waals surface area contributed by atoms with Crippen molar-refractivity contribution in [3.05, 3.63) is 34.2 Å². The Balaban J connectivity index is 2.21. The van der Waals surface area contributed by atoms with Crippen LogP contribution in [0.1, 0.15) is 30.7 Å². The zero-order chi connectivity index (χ0) is 9.26. The molecule has 0 aromatic carbocycles. The van der Waals surface area contributed by atoms with Crippen LogP contribution in [0, 0.1) is 0 Å². The van der Waals surface area contributed by atoms with Crippen LogP contribution in [0.15, 0.2) is 23.1 Å². The van der Waals surface area contributed by atoms with Gasteiger partial charge in [0.25, 0.3) is 0 Å². The van der Waals surface area contributed by atoms with Crippen LogP contribution in [-0.4, -0.2) is 11.0 Å². The van der Waals surface area contributed by atoms with Crippen LogP contribution in [0.4, 0.5) is 0 Å². The molecule has 0 saturated heterocycles. The molecule has 1 saturated carbocycles. The van der Waals surface area contributed by atoms with Crippen LogP contribution in [0.25, 0.3) is 0 Å². The molecule has 0 bridgehead atoms. The lowest BCUT2D eigenvalue weighted by molar-refractivity contribution is 0.673. The second-order valence-electron chi connectivity index (χ2n) is 3.76. The minimum absolute atomic E-state index is 0.0158. The van der Waals surface area contributed by atoms with Gasteiger partial charge in [-0.3, -0.25) is 4.79 Å². The molecule has 2 atom stereocenters. The predicted molar refractivity (Wildman–Crippen MR) is 51.6 cm³/mol. The molecule has 1 fully saturated rings. The Morgan fingerprint density at radius 3 is 2.92 bits per heavy atom. The summed E-state index contributed by atoms with van der Waals surface area (Å²) in [5.41, 5.74) is 6.93. The Morgan fingerprint density at radius 1 is 1.46 bits per heavy atom. The smallest absolute Gasteiger partial charge is 0.248 e. The van der Waals surface area contributed by atoms with E-state index in [1.54, 1.807) is 12.3 Å². The SMILES string of the molecule is NC1CCC(c2cc[nH]c(=O)c2)C1. The summed E-state index contributed by atoms with van der Waals surface area (Å²) in [7, 11) is 0. The Morgan fingerprint density at radius 2 is 2.31 bits per heavy atom. The van der Waals surface area contributed by atoms with E-state index in [4.69, 9.17) is 5.73 Å². The third-order valence-corrected chi connectivity index (χ3v) is 2.74. The molecule has 3 N–H and O–H groups in total. The van der Waals surface area contributed by atoms with Gasteiger partial charge in [-0.1, -0.05) is 0 Å². The topological polar surface area (TPSA) is 58.9 Å². The number of rotatable bonds is 1. The molecule has 3 heteroatoms. The molecular weight excluding hydrogens is 164 g/mol. The third-order valence-electron chi connectivity index (χ3n) is 2.74. The summed E-state index contributed by atoms with van der Waals surface area (Å²) in [4.78, 5) is 13.7. The van der Waals surface area contributed by atoms with Crippen molar-refractivity contribution in [1.29, 1.82) is 0 Å². The zero-order valence-electron chi connectivity index (χ0n) is 7.49. The monoisotopic (exact) mass is 178 g/mol. The summed E-state index contributed by atoms with van der Waals surface area (Å²) in [6, 6.07) is 3.98. The molecule has 0 radical (unpaired) electrons. The number of aromatic amines is 1. The van der Waals surface area contributed by atoms with E-state index in [2.05, 4.69) is 4.98 Å². The fraction of sp³-hybridized carbons (Fsp3) is 0.500. The molecule has 1 aromatic rings. The molecule has 0 aliphatic heterocycles. The van der Waals surface area contributed by atoms with Crippen LogP contribution in [0.5, 0.6) is 0 Å². The maximum absolute atomic E-state index is 11.0. The second-order valence-corrected chi connectivity index (χ2v) is 3.76. The number of pyridine rings is 1. The Hall–Kier alpha value is -1.09. The van der Waals surface area contributed by atoms with Gasteiger partial charge in [0, 0.05) is 18.3 Å². The van der Waals surface area contributed by atoms with Gasteiger partial charge in [-0.15, -0.1) is 0 Å². The van der Waals surface area contributed by atoms with Crippen molar-refractivity contribution in [1.82, 2.24) is 4.98 Å². The number of H-pyrrole nitrogens is 1. The molecule has 1 aliphatic rings. The highest BCUT2D eigenvalue weighted by Gasteiger charge is 2.22. The van der Waals surface area contributed by atoms with Gasteiger partial charge in [0.15, 0.2) is 0 Å². The van der Waals surface area contributed by atoms with Crippen molar-refractivity contribution in [3.8, 4) is 0 Å². The molecule has 0 spiro atoms. The zero-order valence-corrected chi connectivity index (χ0v) is 7.49. The standard InChI is InChI=1S/C10H14N2O/c11-9-2-1-7(5-9)8-3-4-12-10(13)6-8/h3-4,6-7,9H,1-2,5,11H2,(H,12,13). The minimum Gasteiger partial charge on any atom is -0.329 e. The van der Waals surface area contributed by atoms with Crippen LogP contribution in [0.3, 0.4) is 0 Å². The van der Waals surface area contributed by atoms with Gasteiger partial charge in [0.05, 0.1) is 0 Å². The van der Waals surface area contributed by atoms with E-state index in [0.717, 1.165) is 24.8 Å². The van der Waals surface area contributed by atoms with Crippen LogP contribution >= 0.6 is 0 Å². The van der Waals surface area contributed by atoms with E-state index in [9.17, 15) is 4.79 Å². The molecule has 70 valence electrons. The molecule has 2 unspecified atom stereocenters. The van der Waals surface area contributed by atoms with E-state index in [1.165, 1.54) is 0 Å². The van der Waals surface area contributed by atoms with Gasteiger partial charge >= 0.3 is 0 Å². The number of hydrogen-bond acceptors (Lipinski definition) is 2. The first-order valence-electron chi connectivity index (χ1n) is 4.70. The summed E-state index contributed by atoms with van der Waals surface area (Å²) in [5.74, 6) is 0.497. The van der Waals surface area contributed by atoms with Crippen LogP contribution in [0.2, 0.25) is 0 Å². The average molecular weight is 178 g/mol. The first-order chi connectivity index (χ1) is 6.25. The van der Waals surface area contributed by atoms with Gasteiger partial charge in [0.2, 0.25) is 5.56 Å². The van der Waals surface area contributed by atoms with E-state index in [0.29, 0.717) is 12.0 Å². The van der Waals surface area contributed by atoms with Gasteiger partial charge < -0.3 is 10.7 Å². The first-order valence-corrected chi connectivity index (χ1v) is 4.70.